The van der Waals surface area contributed by atoms with Gasteiger partial charge in [0.15, 0.2) is 0 Å². The van der Waals surface area contributed by atoms with Crippen LogP contribution < -0.4 is 11.3 Å². The van der Waals surface area contributed by atoms with E-state index in [1.54, 1.807) is 13.1 Å². The van der Waals surface area contributed by atoms with E-state index in [4.69, 9.17) is 5.73 Å². The van der Waals surface area contributed by atoms with Crippen molar-refractivity contribution >= 4 is 5.95 Å². The Balaban J connectivity index is 1.68. The lowest BCUT2D eigenvalue weighted by Gasteiger charge is -2.25. The van der Waals surface area contributed by atoms with Crippen molar-refractivity contribution in [2.75, 3.05) is 5.73 Å². The van der Waals surface area contributed by atoms with Crippen molar-refractivity contribution in [3.63, 3.8) is 0 Å². The van der Waals surface area contributed by atoms with Gasteiger partial charge >= 0.3 is 0 Å². The number of halogens is 1. The van der Waals surface area contributed by atoms with Crippen LogP contribution in [-0.4, -0.2) is 9.55 Å². The average molecular weight is 345 g/mol. The summed E-state index contributed by atoms with van der Waals surface area (Å²) in [6, 6.07) is 15.8. The lowest BCUT2D eigenvalue weighted by molar-refractivity contribution is 0.628. The zero-order valence-electron chi connectivity index (χ0n) is 14.1. The van der Waals surface area contributed by atoms with Crippen LogP contribution in [0, 0.1) is 17.7 Å². The first kappa shape index (κ1) is 16.1. The van der Waals surface area contributed by atoms with E-state index >= 15 is 0 Å². The Kier molecular flexibility index (Phi) is 3.81. The highest BCUT2D eigenvalue weighted by molar-refractivity contribution is 5.65. The monoisotopic (exact) mass is 345 g/mol. The van der Waals surface area contributed by atoms with Crippen LogP contribution in [0.4, 0.5) is 10.3 Å². The fraction of sp³-hybridized carbons (Fsp3) is 0.143. The lowest BCUT2D eigenvalue weighted by Crippen LogP contribution is -2.25. The Labute approximate surface area is 150 Å². The second kappa shape index (κ2) is 6.16. The van der Waals surface area contributed by atoms with E-state index in [1.807, 2.05) is 30.3 Å². The third-order valence-electron chi connectivity index (χ3n) is 4.64. The van der Waals surface area contributed by atoms with Crippen LogP contribution in [-0.2, 0) is 7.05 Å². The van der Waals surface area contributed by atoms with Gasteiger partial charge in [-0.05, 0) is 34.9 Å². The Morgan fingerprint density at radius 2 is 1.73 bits per heavy atom. The van der Waals surface area contributed by atoms with Gasteiger partial charge < -0.3 is 5.73 Å². The highest BCUT2D eigenvalue weighted by Crippen LogP contribution is 2.38. The summed E-state index contributed by atoms with van der Waals surface area (Å²) in [6.45, 7) is 0. The molecule has 0 amide bonds. The summed E-state index contributed by atoms with van der Waals surface area (Å²) in [4.78, 5) is 16.3. The maximum Gasteiger partial charge on any atom is 0.254 e. The summed E-state index contributed by atoms with van der Waals surface area (Å²) in [5, 5.41) is 0. The van der Waals surface area contributed by atoms with Gasteiger partial charge in [0.25, 0.3) is 5.56 Å². The summed E-state index contributed by atoms with van der Waals surface area (Å²) >= 11 is 0. The SMILES string of the molecule is Cn1c(N)nc(C2C#CC2c2cccc(-c3cccc(F)c3)c2)cc1=O. The molecule has 2 unspecified atom stereocenters. The van der Waals surface area contributed by atoms with E-state index in [-0.39, 0.29) is 29.2 Å². The molecule has 0 bridgehead atoms. The number of hydrogen-bond acceptors (Lipinski definition) is 3. The molecule has 26 heavy (non-hydrogen) atoms. The minimum absolute atomic E-state index is 0.0671. The quantitative estimate of drug-likeness (QED) is 0.742. The predicted molar refractivity (Wildman–Crippen MR) is 99.0 cm³/mol. The molecule has 0 fully saturated rings. The van der Waals surface area contributed by atoms with E-state index in [9.17, 15) is 9.18 Å². The Morgan fingerprint density at radius 3 is 2.38 bits per heavy atom. The number of anilines is 1. The maximum absolute atomic E-state index is 13.5. The van der Waals surface area contributed by atoms with Crippen LogP contribution in [0.3, 0.4) is 0 Å². The molecule has 1 aliphatic carbocycles. The van der Waals surface area contributed by atoms with Gasteiger partial charge in [0.1, 0.15) is 5.82 Å². The van der Waals surface area contributed by atoms with Crippen molar-refractivity contribution in [2.24, 2.45) is 7.05 Å². The van der Waals surface area contributed by atoms with E-state index < -0.39 is 0 Å². The summed E-state index contributed by atoms with van der Waals surface area (Å²) in [5.41, 5.74) is 8.94. The normalized spacial score (nSPS) is 17.9. The highest BCUT2D eigenvalue weighted by atomic mass is 19.1. The number of nitrogen functional groups attached to an aromatic ring is 1. The minimum atomic E-state index is -0.269. The van der Waals surface area contributed by atoms with E-state index in [2.05, 4.69) is 16.8 Å². The van der Waals surface area contributed by atoms with Crippen LogP contribution in [0.2, 0.25) is 0 Å². The van der Waals surface area contributed by atoms with Gasteiger partial charge in [0.05, 0.1) is 17.5 Å². The number of nitrogens with zero attached hydrogens (tertiary/aromatic N) is 2. The van der Waals surface area contributed by atoms with E-state index in [1.165, 1.54) is 22.8 Å². The molecule has 2 aromatic carbocycles. The Morgan fingerprint density at radius 1 is 1.04 bits per heavy atom. The Hall–Kier alpha value is -3.39. The molecule has 3 aromatic rings. The lowest BCUT2D eigenvalue weighted by atomic mass is 9.77. The van der Waals surface area contributed by atoms with Gasteiger partial charge in [0, 0.05) is 13.1 Å². The summed E-state index contributed by atoms with van der Waals surface area (Å²) in [5.74, 6) is 5.88. The second-order valence-corrected chi connectivity index (χ2v) is 6.32. The fourth-order valence-electron chi connectivity index (χ4n) is 3.09. The molecule has 5 heteroatoms. The van der Waals surface area contributed by atoms with Crippen molar-refractivity contribution in [3.05, 3.63) is 82.0 Å². The van der Waals surface area contributed by atoms with Crippen LogP contribution in [0.15, 0.2) is 59.4 Å². The molecule has 0 saturated carbocycles. The molecule has 1 aliphatic rings. The number of benzene rings is 2. The van der Waals surface area contributed by atoms with Crippen LogP contribution in [0.1, 0.15) is 23.1 Å². The molecular weight excluding hydrogens is 329 g/mol. The van der Waals surface area contributed by atoms with Crippen molar-refractivity contribution in [1.82, 2.24) is 9.55 Å². The molecule has 2 atom stereocenters. The van der Waals surface area contributed by atoms with Gasteiger partial charge in [-0.25, -0.2) is 9.37 Å². The number of nitrogens with two attached hydrogens (primary N) is 1. The zero-order chi connectivity index (χ0) is 18.3. The highest BCUT2D eigenvalue weighted by Gasteiger charge is 2.29. The Bertz CT molecular complexity index is 1120. The number of rotatable bonds is 3. The van der Waals surface area contributed by atoms with Gasteiger partial charge in [-0.3, -0.25) is 9.36 Å². The first-order chi connectivity index (χ1) is 12.5. The van der Waals surface area contributed by atoms with Gasteiger partial charge in [-0.1, -0.05) is 42.2 Å². The molecule has 4 nitrogen and oxygen atoms in total. The van der Waals surface area contributed by atoms with E-state index in [0.29, 0.717) is 5.69 Å². The van der Waals surface area contributed by atoms with E-state index in [0.717, 1.165) is 16.7 Å². The van der Waals surface area contributed by atoms with Crippen LogP contribution in [0.5, 0.6) is 0 Å². The standard InChI is InChI=1S/C21H16FN3O/c1-25-20(26)12-19(24-21(25)23)18-9-8-17(18)15-6-2-4-13(10-15)14-5-3-7-16(22)11-14/h2-7,10-12,17-18H,1H3,(H2,23,24). The molecule has 0 radical (unpaired) electrons. The summed E-state index contributed by atoms with van der Waals surface area (Å²) in [6.07, 6.45) is 0. The molecule has 128 valence electrons. The maximum atomic E-state index is 13.5. The van der Waals surface area contributed by atoms with Crippen LogP contribution >= 0.6 is 0 Å². The van der Waals surface area contributed by atoms with Gasteiger partial charge in [-0.2, -0.15) is 0 Å². The fourth-order valence-corrected chi connectivity index (χ4v) is 3.09. The molecule has 0 saturated heterocycles. The topological polar surface area (TPSA) is 60.9 Å². The first-order valence-electron chi connectivity index (χ1n) is 8.23. The summed E-state index contributed by atoms with van der Waals surface area (Å²) < 4.78 is 14.8. The molecule has 1 heterocycles. The number of hydrogen-bond donors (Lipinski definition) is 1. The molecule has 0 aliphatic heterocycles. The number of aromatic nitrogens is 2. The third-order valence-corrected chi connectivity index (χ3v) is 4.64. The molecule has 0 spiro atoms. The van der Waals surface area contributed by atoms with Crippen molar-refractivity contribution < 1.29 is 4.39 Å². The molecular formula is C21H16FN3O. The predicted octanol–water partition coefficient (Wildman–Crippen LogP) is 3.05. The van der Waals surface area contributed by atoms with Crippen LogP contribution in [0.25, 0.3) is 11.1 Å². The smallest absolute Gasteiger partial charge is 0.254 e. The van der Waals surface area contributed by atoms with Crippen molar-refractivity contribution in [1.29, 1.82) is 0 Å². The third kappa shape index (κ3) is 2.76. The average Bonchev–Trinajstić information content (AvgIpc) is 2.59. The van der Waals surface area contributed by atoms with Crippen molar-refractivity contribution in [3.8, 4) is 23.0 Å². The molecule has 2 N–H and O–H groups in total. The first-order valence-corrected chi connectivity index (χ1v) is 8.23. The second-order valence-electron chi connectivity index (χ2n) is 6.32. The zero-order valence-corrected chi connectivity index (χ0v) is 14.1. The minimum Gasteiger partial charge on any atom is -0.369 e. The largest absolute Gasteiger partial charge is 0.369 e. The van der Waals surface area contributed by atoms with Crippen molar-refractivity contribution in [2.45, 2.75) is 11.8 Å². The summed E-state index contributed by atoms with van der Waals surface area (Å²) in [7, 11) is 1.58. The van der Waals surface area contributed by atoms with Gasteiger partial charge in [-0.15, -0.1) is 0 Å². The molecule has 1 aromatic heterocycles. The molecule has 4 rings (SSSR count). The van der Waals surface area contributed by atoms with Gasteiger partial charge in [0.2, 0.25) is 5.95 Å².